The van der Waals surface area contributed by atoms with Crippen LogP contribution in [0.5, 0.6) is 5.75 Å². The zero-order valence-corrected chi connectivity index (χ0v) is 10.4. The van der Waals surface area contributed by atoms with E-state index < -0.39 is 0 Å². The molecule has 18 heavy (non-hydrogen) atoms. The van der Waals surface area contributed by atoms with Gasteiger partial charge in [0.1, 0.15) is 11.9 Å². The Morgan fingerprint density at radius 2 is 2.33 bits per heavy atom. The van der Waals surface area contributed by atoms with Crippen LogP contribution in [0.2, 0.25) is 0 Å². The van der Waals surface area contributed by atoms with Crippen LogP contribution in [0.4, 0.5) is 11.4 Å². The average molecular weight is 250 g/mol. The first-order valence-electron chi connectivity index (χ1n) is 6.06. The standard InChI is InChI=1S/C13H18N2O3/c1-17-11-6-5-9(8-10(11)14)15-13(16)12-4-2-3-7-18-12/h5-6,8,12H,2-4,7,14H2,1H3,(H,15,16). The lowest BCUT2D eigenvalue weighted by Crippen LogP contribution is -2.33. The summed E-state index contributed by atoms with van der Waals surface area (Å²) in [6.45, 7) is 0.656. The first kappa shape index (κ1) is 12.7. The van der Waals surface area contributed by atoms with Crippen LogP contribution in [0.25, 0.3) is 0 Å². The predicted octanol–water partition coefficient (Wildman–Crippen LogP) is 1.78. The van der Waals surface area contributed by atoms with Crippen LogP contribution in [-0.4, -0.2) is 25.7 Å². The average Bonchev–Trinajstić information content (AvgIpc) is 2.40. The summed E-state index contributed by atoms with van der Waals surface area (Å²) in [4.78, 5) is 11.9. The second-order valence-electron chi connectivity index (χ2n) is 4.30. The minimum absolute atomic E-state index is 0.112. The minimum Gasteiger partial charge on any atom is -0.495 e. The maximum Gasteiger partial charge on any atom is 0.253 e. The molecule has 1 atom stereocenters. The Hall–Kier alpha value is -1.75. The van der Waals surface area contributed by atoms with E-state index in [4.69, 9.17) is 15.2 Å². The van der Waals surface area contributed by atoms with E-state index in [0.29, 0.717) is 23.7 Å². The number of anilines is 2. The number of nitrogens with one attached hydrogen (secondary N) is 1. The molecule has 2 rings (SSSR count). The molecule has 0 radical (unpaired) electrons. The molecule has 98 valence electrons. The van der Waals surface area contributed by atoms with Crippen LogP contribution in [0, 0.1) is 0 Å². The van der Waals surface area contributed by atoms with Crippen molar-refractivity contribution in [3.8, 4) is 5.75 Å². The summed E-state index contributed by atoms with van der Waals surface area (Å²) < 4.78 is 10.5. The van der Waals surface area contributed by atoms with Crippen molar-refractivity contribution in [2.24, 2.45) is 0 Å². The summed E-state index contributed by atoms with van der Waals surface area (Å²) in [5, 5.41) is 2.80. The monoisotopic (exact) mass is 250 g/mol. The van der Waals surface area contributed by atoms with Crippen LogP contribution in [0.1, 0.15) is 19.3 Å². The van der Waals surface area contributed by atoms with Crippen molar-refractivity contribution in [1.29, 1.82) is 0 Å². The Balaban J connectivity index is 2.00. The van der Waals surface area contributed by atoms with Crippen molar-refractivity contribution in [2.45, 2.75) is 25.4 Å². The summed E-state index contributed by atoms with van der Waals surface area (Å²) in [5.41, 5.74) is 6.94. The van der Waals surface area contributed by atoms with Crippen molar-refractivity contribution in [1.82, 2.24) is 0 Å². The van der Waals surface area contributed by atoms with Gasteiger partial charge in [-0.3, -0.25) is 4.79 Å². The van der Waals surface area contributed by atoms with Gasteiger partial charge in [0, 0.05) is 12.3 Å². The highest BCUT2D eigenvalue weighted by atomic mass is 16.5. The zero-order valence-electron chi connectivity index (χ0n) is 10.4. The molecule has 0 spiro atoms. The van der Waals surface area contributed by atoms with Crippen LogP contribution >= 0.6 is 0 Å². The molecular weight excluding hydrogens is 232 g/mol. The van der Waals surface area contributed by atoms with Crippen molar-refractivity contribution in [3.05, 3.63) is 18.2 Å². The smallest absolute Gasteiger partial charge is 0.253 e. The molecule has 1 unspecified atom stereocenters. The molecule has 1 aliphatic rings. The van der Waals surface area contributed by atoms with Gasteiger partial charge in [-0.1, -0.05) is 0 Å². The van der Waals surface area contributed by atoms with Crippen molar-refractivity contribution in [3.63, 3.8) is 0 Å². The summed E-state index contributed by atoms with van der Waals surface area (Å²) in [7, 11) is 1.56. The maximum absolute atomic E-state index is 11.9. The molecule has 1 aliphatic heterocycles. The van der Waals surface area contributed by atoms with Gasteiger partial charge in [0.05, 0.1) is 12.8 Å². The highest BCUT2D eigenvalue weighted by Gasteiger charge is 2.21. The second kappa shape index (κ2) is 5.73. The normalized spacial score (nSPS) is 19.3. The lowest BCUT2D eigenvalue weighted by Gasteiger charge is -2.21. The van der Waals surface area contributed by atoms with Gasteiger partial charge in [-0.05, 0) is 37.5 Å². The molecule has 0 aromatic heterocycles. The van der Waals surface area contributed by atoms with E-state index in [1.807, 2.05) is 0 Å². The first-order chi connectivity index (χ1) is 8.70. The fourth-order valence-electron chi connectivity index (χ4n) is 1.98. The van der Waals surface area contributed by atoms with E-state index in [1.165, 1.54) is 0 Å². The number of amides is 1. The second-order valence-corrected chi connectivity index (χ2v) is 4.30. The molecule has 1 amide bonds. The molecule has 5 heteroatoms. The number of ether oxygens (including phenoxy) is 2. The molecule has 3 N–H and O–H groups in total. The van der Waals surface area contributed by atoms with E-state index in [9.17, 15) is 4.79 Å². The predicted molar refractivity (Wildman–Crippen MR) is 69.6 cm³/mol. The van der Waals surface area contributed by atoms with Gasteiger partial charge in [-0.15, -0.1) is 0 Å². The molecule has 1 fully saturated rings. The van der Waals surface area contributed by atoms with Crippen molar-refractivity contribution in [2.75, 3.05) is 24.8 Å². The SMILES string of the molecule is COc1ccc(NC(=O)C2CCCCO2)cc1N. The molecule has 1 heterocycles. The molecule has 0 bridgehead atoms. The molecule has 1 aromatic rings. The van der Waals surface area contributed by atoms with Crippen LogP contribution < -0.4 is 15.8 Å². The fraction of sp³-hybridized carbons (Fsp3) is 0.462. The third-order valence-electron chi connectivity index (χ3n) is 2.97. The Morgan fingerprint density at radius 1 is 1.50 bits per heavy atom. The van der Waals surface area contributed by atoms with Gasteiger partial charge in [-0.2, -0.15) is 0 Å². The van der Waals surface area contributed by atoms with Crippen molar-refractivity contribution >= 4 is 17.3 Å². The number of hydrogen-bond donors (Lipinski definition) is 2. The highest BCUT2D eigenvalue weighted by Crippen LogP contribution is 2.25. The molecule has 1 saturated heterocycles. The summed E-state index contributed by atoms with van der Waals surface area (Å²) in [6, 6.07) is 5.17. The Morgan fingerprint density at radius 3 is 2.94 bits per heavy atom. The van der Waals surface area contributed by atoms with Gasteiger partial charge >= 0.3 is 0 Å². The summed E-state index contributed by atoms with van der Waals surface area (Å²) in [6.07, 6.45) is 2.49. The Bertz CT molecular complexity index is 428. The fourth-order valence-corrected chi connectivity index (χ4v) is 1.98. The first-order valence-corrected chi connectivity index (χ1v) is 6.06. The van der Waals surface area contributed by atoms with E-state index in [1.54, 1.807) is 25.3 Å². The zero-order chi connectivity index (χ0) is 13.0. The number of benzene rings is 1. The van der Waals surface area contributed by atoms with Gasteiger partial charge in [0.2, 0.25) is 0 Å². The molecule has 0 aliphatic carbocycles. The molecule has 5 nitrogen and oxygen atoms in total. The number of carbonyl (C=O) groups is 1. The Kier molecular flexibility index (Phi) is 4.04. The van der Waals surface area contributed by atoms with E-state index >= 15 is 0 Å². The number of nitrogen functional groups attached to an aromatic ring is 1. The van der Waals surface area contributed by atoms with Gasteiger partial charge in [0.25, 0.3) is 5.91 Å². The van der Waals surface area contributed by atoms with Crippen molar-refractivity contribution < 1.29 is 14.3 Å². The quantitative estimate of drug-likeness (QED) is 0.802. The van der Waals surface area contributed by atoms with Gasteiger partial charge < -0.3 is 20.5 Å². The maximum atomic E-state index is 11.9. The van der Waals surface area contributed by atoms with Crippen LogP contribution in [0.15, 0.2) is 18.2 Å². The number of rotatable bonds is 3. The number of nitrogens with two attached hydrogens (primary N) is 1. The van der Waals surface area contributed by atoms with E-state index in [0.717, 1.165) is 19.3 Å². The number of methoxy groups -OCH3 is 1. The minimum atomic E-state index is -0.345. The molecule has 1 aromatic carbocycles. The van der Waals surface area contributed by atoms with Gasteiger partial charge in [0.15, 0.2) is 0 Å². The van der Waals surface area contributed by atoms with E-state index in [2.05, 4.69) is 5.32 Å². The van der Waals surface area contributed by atoms with Gasteiger partial charge in [-0.25, -0.2) is 0 Å². The lowest BCUT2D eigenvalue weighted by molar-refractivity contribution is -0.129. The number of carbonyl (C=O) groups excluding carboxylic acids is 1. The summed E-state index contributed by atoms with van der Waals surface area (Å²) in [5.74, 6) is 0.487. The third kappa shape index (κ3) is 2.92. The lowest BCUT2D eigenvalue weighted by atomic mass is 10.1. The van der Waals surface area contributed by atoms with E-state index in [-0.39, 0.29) is 12.0 Å². The molecule has 0 saturated carbocycles. The highest BCUT2D eigenvalue weighted by molar-refractivity contribution is 5.94. The summed E-state index contributed by atoms with van der Waals surface area (Å²) >= 11 is 0. The van der Waals surface area contributed by atoms with Crippen LogP contribution in [0.3, 0.4) is 0 Å². The topological polar surface area (TPSA) is 73.6 Å². The number of hydrogen-bond acceptors (Lipinski definition) is 4. The van der Waals surface area contributed by atoms with Crippen LogP contribution in [-0.2, 0) is 9.53 Å². The Labute approximate surface area is 106 Å². The third-order valence-corrected chi connectivity index (χ3v) is 2.97. The molecular formula is C13H18N2O3. The largest absolute Gasteiger partial charge is 0.495 e.